The summed E-state index contributed by atoms with van der Waals surface area (Å²) < 4.78 is 59.2. The van der Waals surface area contributed by atoms with Crippen LogP contribution in [0.5, 0.6) is 11.5 Å². The Morgan fingerprint density at radius 2 is 1.35 bits per heavy atom. The van der Waals surface area contributed by atoms with E-state index in [9.17, 15) is 35.4 Å². The van der Waals surface area contributed by atoms with Crippen molar-refractivity contribution in [2.45, 2.75) is 10.6 Å². The SMILES string of the molecule is F[P-](F)(F)(F)(F)F.Oc1ccc(O)c([SH+]Cc2ccccc2)c1. The van der Waals surface area contributed by atoms with Crippen LogP contribution in [0.2, 0.25) is 0 Å². The van der Waals surface area contributed by atoms with Crippen LogP contribution in [0, 0.1) is 0 Å². The maximum atomic E-state index is 9.87. The molecule has 2 rings (SSSR count). The van der Waals surface area contributed by atoms with Crippen LogP contribution in [0.3, 0.4) is 0 Å². The fraction of sp³-hybridized carbons (Fsp3) is 0.0769. The topological polar surface area (TPSA) is 40.5 Å². The molecule has 2 aromatic rings. The van der Waals surface area contributed by atoms with Crippen molar-refractivity contribution in [1.29, 1.82) is 0 Å². The maximum absolute atomic E-state index is 10.7. The van der Waals surface area contributed by atoms with Crippen molar-refractivity contribution in [2.24, 2.45) is 0 Å². The molecular weight excluding hydrogens is 365 g/mol. The van der Waals surface area contributed by atoms with Crippen LogP contribution in [0.1, 0.15) is 5.56 Å². The average molecular weight is 378 g/mol. The van der Waals surface area contributed by atoms with Gasteiger partial charge in [-0.05, 0) is 12.1 Å². The zero-order chi connectivity index (χ0) is 17.8. The Labute approximate surface area is 132 Å². The van der Waals surface area contributed by atoms with E-state index in [4.69, 9.17) is 0 Å². The van der Waals surface area contributed by atoms with Crippen LogP contribution in [0.4, 0.5) is 25.2 Å². The first-order valence-corrected chi connectivity index (χ1v) is 9.11. The van der Waals surface area contributed by atoms with Gasteiger partial charge in [-0.1, -0.05) is 30.3 Å². The van der Waals surface area contributed by atoms with Gasteiger partial charge in [0.15, 0.2) is 10.6 Å². The first kappa shape index (κ1) is 19.4. The minimum Gasteiger partial charge on any atom is -0.508 e. The van der Waals surface area contributed by atoms with Crippen molar-refractivity contribution < 1.29 is 35.4 Å². The van der Waals surface area contributed by atoms with Gasteiger partial charge in [0, 0.05) is 23.4 Å². The van der Waals surface area contributed by atoms with Gasteiger partial charge in [0.05, 0.1) is 0 Å². The summed E-state index contributed by atoms with van der Waals surface area (Å²) in [6.45, 7) is 0. The molecule has 130 valence electrons. The molecule has 0 spiro atoms. The molecule has 0 aliphatic rings. The molecule has 0 saturated carbocycles. The minimum atomic E-state index is -10.7. The molecule has 0 aliphatic heterocycles. The van der Waals surface area contributed by atoms with E-state index >= 15 is 0 Å². The van der Waals surface area contributed by atoms with Gasteiger partial charge in [-0.3, -0.25) is 0 Å². The van der Waals surface area contributed by atoms with E-state index in [2.05, 4.69) is 0 Å². The summed E-state index contributed by atoms with van der Waals surface area (Å²) in [5.41, 5.74) is 1.21. The third kappa shape index (κ3) is 11.6. The molecule has 0 aromatic heterocycles. The number of hydrogen-bond donors (Lipinski definition) is 2. The normalized spacial score (nSPS) is 14.2. The van der Waals surface area contributed by atoms with E-state index in [0.717, 1.165) is 22.4 Å². The predicted octanol–water partition coefficient (Wildman–Crippen LogP) is 5.85. The number of benzene rings is 2. The van der Waals surface area contributed by atoms with Crippen molar-refractivity contribution in [3.63, 3.8) is 0 Å². The molecule has 0 bridgehead atoms. The molecule has 0 saturated heterocycles. The molecule has 10 heteroatoms. The van der Waals surface area contributed by atoms with Gasteiger partial charge in [-0.2, -0.15) is 0 Å². The zero-order valence-electron chi connectivity index (χ0n) is 11.4. The molecule has 2 aromatic carbocycles. The number of rotatable bonds is 3. The first-order valence-electron chi connectivity index (χ1n) is 6.00. The number of halogens is 6. The van der Waals surface area contributed by atoms with E-state index in [1.54, 1.807) is 6.07 Å². The Morgan fingerprint density at radius 1 is 0.826 bits per heavy atom. The summed E-state index contributed by atoms with van der Waals surface area (Å²) in [5, 5.41) is 18.9. The summed E-state index contributed by atoms with van der Waals surface area (Å²) in [6.07, 6.45) is 0. The molecule has 0 aliphatic carbocycles. The Hall–Kier alpha value is -1.60. The Bertz CT molecular complexity index is 650. The molecule has 0 fully saturated rings. The summed E-state index contributed by atoms with van der Waals surface area (Å²) in [4.78, 5) is 0.754. The summed E-state index contributed by atoms with van der Waals surface area (Å²) in [7, 11) is -10.7. The first-order chi connectivity index (χ1) is 10.2. The van der Waals surface area contributed by atoms with Crippen molar-refractivity contribution in [3.05, 3.63) is 54.1 Å². The third-order valence-electron chi connectivity index (χ3n) is 2.23. The van der Waals surface area contributed by atoms with Crippen molar-refractivity contribution in [2.75, 3.05) is 0 Å². The number of hydrogen-bond acceptors (Lipinski definition) is 2. The van der Waals surface area contributed by atoms with Crippen molar-refractivity contribution in [1.82, 2.24) is 0 Å². The van der Waals surface area contributed by atoms with Crippen LogP contribution >= 0.6 is 7.81 Å². The summed E-state index contributed by atoms with van der Waals surface area (Å²) in [5.74, 6) is 1.25. The molecule has 2 nitrogen and oxygen atoms in total. The number of thiol groups is 1. The number of phenolic OH excluding ortho intramolecular Hbond substituents is 2. The molecule has 2 N–H and O–H groups in total. The van der Waals surface area contributed by atoms with Crippen LogP contribution in [0.25, 0.3) is 0 Å². The van der Waals surface area contributed by atoms with Crippen LogP contribution < -0.4 is 0 Å². The molecule has 0 amide bonds. The maximum Gasteiger partial charge on any atom is 0.198 e. The second kappa shape index (κ2) is 6.13. The smallest absolute Gasteiger partial charge is 0.198 e. The summed E-state index contributed by atoms with van der Waals surface area (Å²) in [6, 6.07) is 14.7. The van der Waals surface area contributed by atoms with Crippen molar-refractivity contribution >= 4 is 19.6 Å². The third-order valence-corrected chi connectivity index (χ3v) is 3.46. The van der Waals surface area contributed by atoms with E-state index in [1.807, 2.05) is 30.3 Å². The standard InChI is InChI=1S/C13H12O2S.F6P/c14-11-6-7-12(15)13(8-11)16-9-10-4-2-1-3-5-10;1-7(2,3,4,5)6/h1-8,14-15H,9H2;/q;-1/p+1. The van der Waals surface area contributed by atoms with Gasteiger partial charge in [0.1, 0.15) is 11.5 Å². The van der Waals surface area contributed by atoms with E-state index in [-0.39, 0.29) is 11.5 Å². The monoisotopic (exact) mass is 378 g/mol. The van der Waals surface area contributed by atoms with Gasteiger partial charge in [0.2, 0.25) is 0 Å². The van der Waals surface area contributed by atoms with Gasteiger partial charge < -0.3 is 10.2 Å². The van der Waals surface area contributed by atoms with Gasteiger partial charge in [-0.15, -0.1) is 0 Å². The van der Waals surface area contributed by atoms with Gasteiger partial charge in [-0.25, -0.2) is 0 Å². The number of phenols is 2. The summed E-state index contributed by atoms with van der Waals surface area (Å²) >= 11 is 0.986. The van der Waals surface area contributed by atoms with E-state index in [0.29, 0.717) is 0 Å². The van der Waals surface area contributed by atoms with Crippen molar-refractivity contribution in [3.8, 4) is 11.5 Å². The Kier molecular flexibility index (Phi) is 5.18. The van der Waals surface area contributed by atoms with Gasteiger partial charge in [0.25, 0.3) is 0 Å². The van der Waals surface area contributed by atoms with Crippen LogP contribution in [0.15, 0.2) is 53.4 Å². The van der Waals surface area contributed by atoms with Crippen LogP contribution in [-0.4, -0.2) is 10.2 Å². The Balaban J connectivity index is 0.000000322. The minimum absolute atomic E-state index is 0.188. The molecule has 23 heavy (non-hydrogen) atoms. The van der Waals surface area contributed by atoms with E-state index < -0.39 is 7.81 Å². The molecule has 0 heterocycles. The largest absolute Gasteiger partial charge is 0.508 e. The molecular formula is C13H13F6O2PS. The fourth-order valence-corrected chi connectivity index (χ4v) is 2.42. The van der Waals surface area contributed by atoms with E-state index in [1.165, 1.54) is 17.7 Å². The molecule has 0 unspecified atom stereocenters. The number of aromatic hydroxyl groups is 2. The molecule has 0 radical (unpaired) electrons. The zero-order valence-corrected chi connectivity index (χ0v) is 13.2. The molecule has 0 atom stereocenters. The Morgan fingerprint density at radius 3 is 1.87 bits per heavy atom. The van der Waals surface area contributed by atoms with Crippen LogP contribution in [-0.2, 0) is 17.5 Å². The predicted molar refractivity (Wildman–Crippen MR) is 80.5 cm³/mol. The quantitative estimate of drug-likeness (QED) is 0.231. The fourth-order valence-electron chi connectivity index (χ4n) is 1.40. The second-order valence-corrected chi connectivity index (χ2v) is 7.46. The second-order valence-electron chi connectivity index (χ2n) is 4.43. The van der Waals surface area contributed by atoms with Gasteiger partial charge >= 0.3 is 33.0 Å². The average Bonchev–Trinajstić information content (AvgIpc) is 2.37.